The molecule has 2 nitrogen and oxygen atoms in total. The van der Waals surface area contributed by atoms with Gasteiger partial charge in [0.15, 0.2) is 0 Å². The van der Waals surface area contributed by atoms with E-state index in [0.717, 1.165) is 32.6 Å². The van der Waals surface area contributed by atoms with Gasteiger partial charge < -0.3 is 5.11 Å². The molecule has 102 valence electrons. The van der Waals surface area contributed by atoms with E-state index in [4.69, 9.17) is 16.7 Å². The van der Waals surface area contributed by atoms with Gasteiger partial charge in [-0.3, -0.25) is 4.99 Å². The molecule has 0 bridgehead atoms. The number of allylic oxidation sites excluding steroid dienone is 2. The fourth-order valence-electron chi connectivity index (χ4n) is 1.56. The van der Waals surface area contributed by atoms with Gasteiger partial charge in [-0.2, -0.15) is 0 Å². The highest BCUT2D eigenvalue weighted by atomic mass is 35.5. The van der Waals surface area contributed by atoms with Crippen molar-refractivity contribution in [2.24, 2.45) is 4.99 Å². The summed E-state index contributed by atoms with van der Waals surface area (Å²) in [5.74, 6) is 0.796. The molecule has 1 rings (SSSR count). The topological polar surface area (TPSA) is 32.6 Å². The van der Waals surface area contributed by atoms with E-state index >= 15 is 0 Å². The largest absolute Gasteiger partial charge is 0.509 e. The van der Waals surface area contributed by atoms with E-state index in [1.807, 2.05) is 39.0 Å². The number of halogens is 1. The Morgan fingerprint density at radius 2 is 2.16 bits per heavy atom. The highest BCUT2D eigenvalue weighted by molar-refractivity contribution is 8.13. The molecule has 0 heterocycles. The quantitative estimate of drug-likeness (QED) is 0.355. The van der Waals surface area contributed by atoms with Crippen molar-refractivity contribution in [3.8, 4) is 0 Å². The summed E-state index contributed by atoms with van der Waals surface area (Å²) in [7, 11) is 0. The zero-order valence-corrected chi connectivity index (χ0v) is 13.0. The minimum absolute atomic E-state index is 0.0146. The second-order valence-corrected chi connectivity index (χ2v) is 5.79. The maximum atomic E-state index is 9.05. The molecule has 0 amide bonds. The number of nitrogens with zero attached hydrogens (tertiary/aromatic N) is 1. The summed E-state index contributed by atoms with van der Waals surface area (Å²) < 4.78 is 0. The number of rotatable bonds is 4. The predicted molar refractivity (Wildman–Crippen MR) is 86.1 cm³/mol. The molecule has 0 fully saturated rings. The molecular formula is C15H18ClNOS. The highest BCUT2D eigenvalue weighted by Gasteiger charge is 2.03. The summed E-state index contributed by atoms with van der Waals surface area (Å²) in [6, 6.07) is 6.02. The average Bonchev–Trinajstić information content (AvgIpc) is 2.30. The van der Waals surface area contributed by atoms with E-state index < -0.39 is 0 Å². The van der Waals surface area contributed by atoms with Crippen LogP contribution in [-0.2, 0) is 5.75 Å². The van der Waals surface area contributed by atoms with Crippen LogP contribution in [-0.4, -0.2) is 10.2 Å². The Balaban J connectivity index is 2.69. The predicted octanol–water partition coefficient (Wildman–Crippen LogP) is 5.28. The molecule has 19 heavy (non-hydrogen) atoms. The monoisotopic (exact) mass is 295 g/mol. The van der Waals surface area contributed by atoms with Gasteiger partial charge in [0.1, 0.15) is 5.76 Å². The summed E-state index contributed by atoms with van der Waals surface area (Å²) in [5.41, 5.74) is 2.92. The zero-order chi connectivity index (χ0) is 14.4. The van der Waals surface area contributed by atoms with E-state index in [-0.39, 0.29) is 5.76 Å². The molecular weight excluding hydrogens is 278 g/mol. The lowest BCUT2D eigenvalue weighted by Gasteiger charge is -2.06. The van der Waals surface area contributed by atoms with Gasteiger partial charge in [0.05, 0.1) is 5.04 Å². The van der Waals surface area contributed by atoms with Crippen LogP contribution in [0.2, 0.25) is 5.02 Å². The van der Waals surface area contributed by atoms with Crippen molar-refractivity contribution in [1.29, 1.82) is 0 Å². The summed E-state index contributed by atoms with van der Waals surface area (Å²) in [4.78, 5) is 4.36. The van der Waals surface area contributed by atoms with Crippen molar-refractivity contribution in [3.05, 3.63) is 58.5 Å². The molecule has 0 aliphatic carbocycles. The molecule has 0 aliphatic heterocycles. The van der Waals surface area contributed by atoms with Crippen molar-refractivity contribution >= 4 is 28.4 Å². The Bertz CT molecular complexity index is 535. The van der Waals surface area contributed by atoms with Crippen molar-refractivity contribution in [3.63, 3.8) is 0 Å². The van der Waals surface area contributed by atoms with Gasteiger partial charge in [-0.05, 0) is 31.9 Å². The number of thioether (sulfide) groups is 1. The van der Waals surface area contributed by atoms with E-state index in [2.05, 4.69) is 11.6 Å². The minimum atomic E-state index is 0.0146. The van der Waals surface area contributed by atoms with Gasteiger partial charge in [-0.15, -0.1) is 11.8 Å². The van der Waals surface area contributed by atoms with Crippen molar-refractivity contribution < 1.29 is 5.11 Å². The Hall–Kier alpha value is -1.19. The third-order valence-electron chi connectivity index (χ3n) is 2.42. The van der Waals surface area contributed by atoms with Crippen LogP contribution < -0.4 is 0 Å². The van der Waals surface area contributed by atoms with E-state index in [9.17, 15) is 0 Å². The first-order chi connectivity index (χ1) is 8.90. The molecule has 0 radical (unpaired) electrons. The molecule has 0 aromatic heterocycles. The van der Waals surface area contributed by atoms with Gasteiger partial charge in [0, 0.05) is 22.5 Å². The smallest absolute Gasteiger partial charge is 0.110 e. The fraction of sp³-hybridized carbons (Fsp3) is 0.267. The Labute approximate surface area is 123 Å². The van der Waals surface area contributed by atoms with Crippen LogP contribution >= 0.6 is 23.4 Å². The van der Waals surface area contributed by atoms with E-state index in [0.29, 0.717) is 0 Å². The average molecular weight is 296 g/mol. The van der Waals surface area contributed by atoms with Crippen LogP contribution in [0.3, 0.4) is 0 Å². The molecule has 0 aliphatic rings. The number of hydrogen-bond acceptors (Lipinski definition) is 3. The lowest BCUT2D eigenvalue weighted by Crippen LogP contribution is -1.90. The normalized spacial score (nSPS) is 12.6. The van der Waals surface area contributed by atoms with Crippen LogP contribution in [0, 0.1) is 6.92 Å². The molecule has 1 aromatic rings. The zero-order valence-electron chi connectivity index (χ0n) is 11.4. The first-order valence-electron chi connectivity index (χ1n) is 5.88. The third-order valence-corrected chi connectivity index (χ3v) is 3.92. The summed E-state index contributed by atoms with van der Waals surface area (Å²) in [5, 5.41) is 10.8. The number of aliphatic hydroxyl groups is 1. The van der Waals surface area contributed by atoms with Gasteiger partial charge in [0.25, 0.3) is 0 Å². The van der Waals surface area contributed by atoms with Crippen molar-refractivity contribution in [2.75, 3.05) is 0 Å². The molecule has 1 N–H and O–H groups in total. The maximum absolute atomic E-state index is 9.05. The van der Waals surface area contributed by atoms with Gasteiger partial charge in [0.2, 0.25) is 0 Å². The molecule has 0 spiro atoms. The van der Waals surface area contributed by atoms with Gasteiger partial charge >= 0.3 is 0 Å². The van der Waals surface area contributed by atoms with Gasteiger partial charge in [-0.25, -0.2) is 0 Å². The maximum Gasteiger partial charge on any atom is 0.110 e. The Morgan fingerprint density at radius 3 is 2.79 bits per heavy atom. The first kappa shape index (κ1) is 15.9. The highest BCUT2D eigenvalue weighted by Crippen LogP contribution is 2.25. The van der Waals surface area contributed by atoms with Crippen LogP contribution in [0.25, 0.3) is 0 Å². The van der Waals surface area contributed by atoms with Crippen LogP contribution in [0.5, 0.6) is 0 Å². The molecule has 0 unspecified atom stereocenters. The first-order valence-corrected chi connectivity index (χ1v) is 7.24. The number of aliphatic imine (C=N–C) groups is 1. The summed E-state index contributed by atoms with van der Waals surface area (Å²) >= 11 is 7.86. The number of hydrogen-bond donors (Lipinski definition) is 1. The Kier molecular flexibility index (Phi) is 6.19. The second-order valence-electron chi connectivity index (χ2n) is 4.24. The summed E-state index contributed by atoms with van der Waals surface area (Å²) in [6.07, 6.45) is 1.53. The molecule has 4 heteroatoms. The number of benzene rings is 1. The van der Waals surface area contributed by atoms with Crippen LogP contribution in [0.15, 0.2) is 47.3 Å². The van der Waals surface area contributed by atoms with Crippen molar-refractivity contribution in [2.45, 2.75) is 26.5 Å². The SMILES string of the molecule is C=C(O)/C=C(/C)N=C(C)SCc1cccc(C)c1Cl. The minimum Gasteiger partial charge on any atom is -0.509 e. The lowest BCUT2D eigenvalue weighted by atomic mass is 10.2. The van der Waals surface area contributed by atoms with Crippen LogP contribution in [0.1, 0.15) is 25.0 Å². The molecule has 0 atom stereocenters. The molecule has 0 saturated heterocycles. The molecule has 1 aromatic carbocycles. The molecule has 0 saturated carbocycles. The standard InChI is InChI=1S/C15H18ClNOS/c1-10-6-5-7-14(15(10)16)9-19-13(4)17-11(2)8-12(3)18/h5-8,18H,3,9H2,1-2,4H3/b11-8-,17-13?. The van der Waals surface area contributed by atoms with E-state index in [1.54, 1.807) is 11.8 Å². The number of aliphatic hydroxyl groups excluding tert-OH is 1. The Morgan fingerprint density at radius 1 is 1.47 bits per heavy atom. The van der Waals surface area contributed by atoms with Crippen LogP contribution in [0.4, 0.5) is 0 Å². The van der Waals surface area contributed by atoms with Crippen molar-refractivity contribution in [1.82, 2.24) is 0 Å². The second kappa shape index (κ2) is 7.41. The number of aryl methyl sites for hydroxylation is 1. The van der Waals surface area contributed by atoms with E-state index in [1.165, 1.54) is 6.08 Å². The fourth-order valence-corrected chi connectivity index (χ4v) is 2.64. The summed E-state index contributed by atoms with van der Waals surface area (Å²) in [6.45, 7) is 9.16. The van der Waals surface area contributed by atoms with Gasteiger partial charge in [-0.1, -0.05) is 36.4 Å². The lowest BCUT2D eigenvalue weighted by molar-refractivity contribution is 0.434. The third kappa shape index (κ3) is 5.53.